The van der Waals surface area contributed by atoms with Gasteiger partial charge in [-0.05, 0) is 37.3 Å². The van der Waals surface area contributed by atoms with Crippen molar-refractivity contribution in [3.63, 3.8) is 0 Å². The summed E-state index contributed by atoms with van der Waals surface area (Å²) in [6, 6.07) is 0. The summed E-state index contributed by atoms with van der Waals surface area (Å²) in [4.78, 5) is 12.0. The fraction of sp³-hybridized carbons (Fsp3) is 0.688. The first-order chi connectivity index (χ1) is 8.49. The molecule has 3 aliphatic rings. The molecule has 98 valence electrons. The maximum atomic E-state index is 12.0. The lowest BCUT2D eigenvalue weighted by Crippen LogP contribution is -2.37. The molecule has 0 saturated carbocycles. The highest BCUT2D eigenvalue weighted by molar-refractivity contribution is 5.86. The zero-order chi connectivity index (χ0) is 12.9. The van der Waals surface area contributed by atoms with E-state index in [1.54, 1.807) is 0 Å². The molecule has 0 saturated heterocycles. The molecule has 0 spiro atoms. The summed E-state index contributed by atoms with van der Waals surface area (Å²) < 4.78 is 6.12. The van der Waals surface area contributed by atoms with Crippen molar-refractivity contribution in [1.82, 2.24) is 0 Å². The molecule has 0 aromatic carbocycles. The van der Waals surface area contributed by atoms with Crippen molar-refractivity contribution in [2.75, 3.05) is 0 Å². The molecule has 3 rings (SSSR count). The smallest absolute Gasteiger partial charge is 0.140 e. The van der Waals surface area contributed by atoms with Crippen LogP contribution in [0, 0.1) is 11.3 Å². The summed E-state index contributed by atoms with van der Waals surface area (Å²) in [5.41, 5.74) is 2.82. The van der Waals surface area contributed by atoms with E-state index in [2.05, 4.69) is 26.8 Å². The molecule has 0 N–H and O–H groups in total. The molecule has 1 heterocycles. The summed E-state index contributed by atoms with van der Waals surface area (Å²) in [5.74, 6) is 1.78. The van der Waals surface area contributed by atoms with E-state index in [4.69, 9.17) is 4.74 Å². The summed E-state index contributed by atoms with van der Waals surface area (Å²) in [6.07, 6.45) is 7.16. The maximum absolute atomic E-state index is 12.0. The Morgan fingerprint density at radius 2 is 2.11 bits per heavy atom. The topological polar surface area (TPSA) is 26.3 Å². The number of allylic oxidation sites excluding steroid dienone is 4. The minimum atomic E-state index is 0.169. The van der Waals surface area contributed by atoms with Crippen molar-refractivity contribution < 1.29 is 9.53 Å². The number of ether oxygens (including phenoxy) is 1. The van der Waals surface area contributed by atoms with Crippen LogP contribution in [0.4, 0.5) is 0 Å². The normalized spacial score (nSPS) is 34.4. The van der Waals surface area contributed by atoms with Crippen molar-refractivity contribution in [1.29, 1.82) is 0 Å². The molecule has 2 heteroatoms. The zero-order valence-corrected chi connectivity index (χ0v) is 11.6. The van der Waals surface area contributed by atoms with Gasteiger partial charge in [0.1, 0.15) is 11.9 Å². The van der Waals surface area contributed by atoms with Gasteiger partial charge < -0.3 is 4.74 Å². The molecule has 0 aromatic rings. The Balaban J connectivity index is 2.00. The quantitative estimate of drug-likeness (QED) is 0.650. The van der Waals surface area contributed by atoms with Gasteiger partial charge in [-0.3, -0.25) is 4.79 Å². The van der Waals surface area contributed by atoms with Crippen LogP contribution in [0.2, 0.25) is 0 Å². The Labute approximate surface area is 109 Å². The van der Waals surface area contributed by atoms with Crippen LogP contribution in [-0.4, -0.2) is 11.9 Å². The second kappa shape index (κ2) is 3.97. The average Bonchev–Trinajstić information content (AvgIpc) is 2.31. The third kappa shape index (κ3) is 1.73. The second-order valence-electron chi connectivity index (χ2n) is 6.58. The van der Waals surface area contributed by atoms with Crippen LogP contribution in [-0.2, 0) is 9.53 Å². The van der Waals surface area contributed by atoms with Gasteiger partial charge in [-0.2, -0.15) is 0 Å². The Morgan fingerprint density at radius 3 is 2.89 bits per heavy atom. The molecule has 2 nitrogen and oxygen atoms in total. The summed E-state index contributed by atoms with van der Waals surface area (Å²) in [6.45, 7) is 6.68. The predicted molar refractivity (Wildman–Crippen MR) is 71.0 cm³/mol. The highest BCUT2D eigenvalue weighted by atomic mass is 16.5. The van der Waals surface area contributed by atoms with Crippen molar-refractivity contribution in [2.24, 2.45) is 11.3 Å². The van der Waals surface area contributed by atoms with Crippen LogP contribution in [0.15, 0.2) is 23.0 Å². The molecule has 2 aliphatic carbocycles. The van der Waals surface area contributed by atoms with Crippen LogP contribution >= 0.6 is 0 Å². The van der Waals surface area contributed by atoms with Crippen LogP contribution in [0.25, 0.3) is 0 Å². The van der Waals surface area contributed by atoms with E-state index in [-0.39, 0.29) is 17.4 Å². The van der Waals surface area contributed by atoms with Crippen LogP contribution < -0.4 is 0 Å². The molecule has 0 amide bonds. The number of carbonyl (C=O) groups excluding carboxylic acids is 1. The minimum absolute atomic E-state index is 0.169. The number of carbonyl (C=O) groups is 1. The number of hydrogen-bond acceptors (Lipinski definition) is 2. The lowest BCUT2D eigenvalue weighted by molar-refractivity contribution is -0.122. The Kier molecular flexibility index (Phi) is 2.65. The Hall–Kier alpha value is -1.05. The molecule has 0 fully saturated rings. The number of hydrogen-bond donors (Lipinski definition) is 0. The van der Waals surface area contributed by atoms with E-state index >= 15 is 0 Å². The van der Waals surface area contributed by atoms with E-state index in [1.807, 2.05) is 0 Å². The predicted octanol–water partition coefficient (Wildman–Crippen LogP) is 3.77. The van der Waals surface area contributed by atoms with E-state index in [9.17, 15) is 4.79 Å². The van der Waals surface area contributed by atoms with Gasteiger partial charge in [-0.25, -0.2) is 0 Å². The minimum Gasteiger partial charge on any atom is -0.494 e. The van der Waals surface area contributed by atoms with Gasteiger partial charge in [0, 0.05) is 24.2 Å². The number of rotatable bonds is 0. The number of ketones is 1. The second-order valence-corrected chi connectivity index (χ2v) is 6.58. The fourth-order valence-corrected chi connectivity index (χ4v) is 3.40. The van der Waals surface area contributed by atoms with E-state index in [1.165, 1.54) is 16.9 Å². The lowest BCUT2D eigenvalue weighted by Gasteiger charge is -2.43. The van der Waals surface area contributed by atoms with Gasteiger partial charge in [0.25, 0.3) is 0 Å². The zero-order valence-electron chi connectivity index (χ0n) is 11.6. The van der Waals surface area contributed by atoms with Gasteiger partial charge >= 0.3 is 0 Å². The number of Topliss-reactive ketones (excluding diaryl/α,β-unsaturated/α-hetero) is 1. The first kappa shape index (κ1) is 12.0. The van der Waals surface area contributed by atoms with Crippen LogP contribution in [0.5, 0.6) is 0 Å². The molecule has 2 atom stereocenters. The van der Waals surface area contributed by atoms with Crippen molar-refractivity contribution >= 4 is 5.78 Å². The summed E-state index contributed by atoms with van der Waals surface area (Å²) in [7, 11) is 0. The van der Waals surface area contributed by atoms with Gasteiger partial charge in [-0.15, -0.1) is 0 Å². The van der Waals surface area contributed by atoms with Crippen molar-refractivity contribution in [3.05, 3.63) is 23.0 Å². The third-order valence-corrected chi connectivity index (χ3v) is 4.92. The van der Waals surface area contributed by atoms with Gasteiger partial charge in [0.15, 0.2) is 0 Å². The van der Waals surface area contributed by atoms with E-state index in [0.717, 1.165) is 32.1 Å². The molecule has 1 aliphatic heterocycles. The molecule has 0 aromatic heterocycles. The van der Waals surface area contributed by atoms with E-state index in [0.29, 0.717) is 5.78 Å². The van der Waals surface area contributed by atoms with Crippen LogP contribution in [0.1, 0.15) is 52.9 Å². The van der Waals surface area contributed by atoms with Gasteiger partial charge in [0.05, 0.1) is 5.76 Å². The third-order valence-electron chi connectivity index (χ3n) is 4.92. The van der Waals surface area contributed by atoms with E-state index < -0.39 is 0 Å². The maximum Gasteiger partial charge on any atom is 0.140 e. The van der Waals surface area contributed by atoms with Crippen LogP contribution in [0.3, 0.4) is 0 Å². The average molecular weight is 246 g/mol. The van der Waals surface area contributed by atoms with Gasteiger partial charge in [0.2, 0.25) is 0 Å². The lowest BCUT2D eigenvalue weighted by atomic mass is 9.69. The largest absolute Gasteiger partial charge is 0.494 e. The van der Waals surface area contributed by atoms with Gasteiger partial charge in [-0.1, -0.05) is 19.9 Å². The molecule has 0 unspecified atom stereocenters. The van der Waals surface area contributed by atoms with Crippen molar-refractivity contribution in [3.8, 4) is 0 Å². The standard InChI is InChI=1S/C16H22O2/c1-10-16(2,3)9-13-11-5-4-6-14(17)12(11)7-8-15(13)18-10/h5,10,12H,4,6-9H2,1-3H3/t10-,12-/m1/s1. The first-order valence-electron chi connectivity index (χ1n) is 7.11. The Bertz CT molecular complexity index is 454. The molecule has 18 heavy (non-hydrogen) atoms. The SMILES string of the molecule is C[C@H]1OC2=C(CC1(C)C)C1=CCCC(=O)[C@@H]1CC2. The first-order valence-corrected chi connectivity index (χ1v) is 7.11. The fourth-order valence-electron chi connectivity index (χ4n) is 3.40. The highest BCUT2D eigenvalue weighted by Gasteiger charge is 2.41. The molecule has 0 radical (unpaired) electrons. The summed E-state index contributed by atoms with van der Waals surface area (Å²) in [5, 5.41) is 0. The summed E-state index contributed by atoms with van der Waals surface area (Å²) >= 11 is 0. The Morgan fingerprint density at radius 1 is 1.33 bits per heavy atom. The molecular weight excluding hydrogens is 224 g/mol. The number of fused-ring (bicyclic) bond motifs is 2. The molecular formula is C16H22O2. The monoisotopic (exact) mass is 246 g/mol. The molecule has 0 bridgehead atoms. The highest BCUT2D eigenvalue weighted by Crippen LogP contribution is 2.48. The van der Waals surface area contributed by atoms with Crippen molar-refractivity contribution in [2.45, 2.75) is 59.0 Å².